The number of hydrogen-bond donors (Lipinski definition) is 1. The number of hydrogen-bond acceptors (Lipinski definition) is 6. The minimum atomic E-state index is -0.606. The Morgan fingerprint density at radius 1 is 1.31 bits per heavy atom. The quantitative estimate of drug-likeness (QED) is 0.612. The maximum absolute atomic E-state index is 12.6. The fraction of sp³-hybridized carbons (Fsp3) is 0.476. The highest BCUT2D eigenvalue weighted by molar-refractivity contribution is 6.01. The Balaban J connectivity index is 1.35. The fourth-order valence-corrected chi connectivity index (χ4v) is 3.80. The third-order valence-electron chi connectivity index (χ3n) is 5.37. The van der Waals surface area contributed by atoms with Gasteiger partial charge in [0.1, 0.15) is 5.75 Å². The summed E-state index contributed by atoms with van der Waals surface area (Å²) in [6.07, 6.45) is 5.56. The fourth-order valence-electron chi connectivity index (χ4n) is 3.80. The highest BCUT2D eigenvalue weighted by Crippen LogP contribution is 2.39. The molecule has 29 heavy (non-hydrogen) atoms. The molecular formula is C21H24N2O6. The Hall–Kier alpha value is -2.71. The van der Waals surface area contributed by atoms with Crippen molar-refractivity contribution in [1.82, 2.24) is 10.4 Å². The van der Waals surface area contributed by atoms with Crippen molar-refractivity contribution in [2.45, 2.75) is 44.5 Å². The summed E-state index contributed by atoms with van der Waals surface area (Å²) in [5, 5.41) is 0. The number of fused-ring (bicyclic) bond motifs is 1. The van der Waals surface area contributed by atoms with E-state index in [-0.39, 0.29) is 18.1 Å². The average Bonchev–Trinajstić information content (AvgIpc) is 2.69. The summed E-state index contributed by atoms with van der Waals surface area (Å²) in [5.74, 6) is 0.0724. The molecular weight excluding hydrogens is 376 g/mol. The number of amides is 2. The van der Waals surface area contributed by atoms with Crippen LogP contribution in [0.4, 0.5) is 0 Å². The summed E-state index contributed by atoms with van der Waals surface area (Å²) >= 11 is 0. The van der Waals surface area contributed by atoms with Gasteiger partial charge in [0, 0.05) is 26.0 Å². The topological polar surface area (TPSA) is 94.2 Å². The van der Waals surface area contributed by atoms with E-state index in [2.05, 4.69) is 5.48 Å². The lowest BCUT2D eigenvalue weighted by molar-refractivity contribution is -0.198. The van der Waals surface area contributed by atoms with Crippen LogP contribution in [0.1, 0.15) is 48.5 Å². The van der Waals surface area contributed by atoms with Crippen LogP contribution < -0.4 is 10.2 Å². The Bertz CT molecular complexity index is 853. The third kappa shape index (κ3) is 4.33. The number of benzene rings is 1. The molecule has 3 aliphatic heterocycles. The Morgan fingerprint density at radius 3 is 2.86 bits per heavy atom. The van der Waals surface area contributed by atoms with E-state index in [1.165, 1.54) is 13.0 Å². The zero-order valence-corrected chi connectivity index (χ0v) is 16.3. The zero-order valence-electron chi connectivity index (χ0n) is 16.3. The number of rotatable bonds is 4. The SMILES string of the molecule is CC(=O)N1CC2(CC(=O)c3cc(/C=C/C(=O)NOC4CCCCO4)ccc3O2)C1. The van der Waals surface area contributed by atoms with Gasteiger partial charge in [-0.2, -0.15) is 0 Å². The van der Waals surface area contributed by atoms with Crippen LogP contribution >= 0.6 is 0 Å². The van der Waals surface area contributed by atoms with Crippen molar-refractivity contribution in [3.05, 3.63) is 35.4 Å². The van der Waals surface area contributed by atoms with Gasteiger partial charge in [-0.15, -0.1) is 0 Å². The van der Waals surface area contributed by atoms with Gasteiger partial charge in [0.15, 0.2) is 17.7 Å². The van der Waals surface area contributed by atoms with Gasteiger partial charge in [0.2, 0.25) is 5.91 Å². The van der Waals surface area contributed by atoms with Crippen LogP contribution in [0, 0.1) is 0 Å². The molecule has 1 spiro atoms. The van der Waals surface area contributed by atoms with Crippen LogP contribution in [0.2, 0.25) is 0 Å². The highest BCUT2D eigenvalue weighted by Gasteiger charge is 2.50. The summed E-state index contributed by atoms with van der Waals surface area (Å²) in [7, 11) is 0. The van der Waals surface area contributed by atoms with Gasteiger partial charge >= 0.3 is 0 Å². The minimum absolute atomic E-state index is 0.0183. The first-order valence-electron chi connectivity index (χ1n) is 9.81. The number of Topliss-reactive ketones (excluding diaryl/α,β-unsaturated/α-hetero) is 1. The van der Waals surface area contributed by atoms with Crippen LogP contribution in [0.5, 0.6) is 5.75 Å². The number of ether oxygens (including phenoxy) is 2. The van der Waals surface area contributed by atoms with Crippen LogP contribution in [0.25, 0.3) is 6.08 Å². The molecule has 4 rings (SSSR count). The van der Waals surface area contributed by atoms with Crippen molar-refractivity contribution >= 4 is 23.7 Å². The average molecular weight is 400 g/mol. The second-order valence-electron chi connectivity index (χ2n) is 7.73. The summed E-state index contributed by atoms with van der Waals surface area (Å²) < 4.78 is 11.4. The van der Waals surface area contributed by atoms with Gasteiger partial charge < -0.3 is 14.4 Å². The first-order valence-corrected chi connectivity index (χ1v) is 9.81. The van der Waals surface area contributed by atoms with Crippen molar-refractivity contribution in [1.29, 1.82) is 0 Å². The molecule has 8 nitrogen and oxygen atoms in total. The van der Waals surface area contributed by atoms with E-state index >= 15 is 0 Å². The van der Waals surface area contributed by atoms with E-state index in [0.29, 0.717) is 36.6 Å². The van der Waals surface area contributed by atoms with Crippen LogP contribution in [-0.4, -0.2) is 54.1 Å². The van der Waals surface area contributed by atoms with E-state index < -0.39 is 17.8 Å². The van der Waals surface area contributed by atoms with Crippen molar-refractivity contribution in [3.63, 3.8) is 0 Å². The molecule has 0 aliphatic carbocycles. The number of nitrogens with zero attached hydrogens (tertiary/aromatic N) is 1. The number of ketones is 1. The summed E-state index contributed by atoms with van der Waals surface area (Å²) in [6.45, 7) is 3.00. The first-order chi connectivity index (χ1) is 13.9. The van der Waals surface area contributed by atoms with Gasteiger partial charge in [-0.3, -0.25) is 14.4 Å². The molecule has 1 atom stereocenters. The molecule has 154 valence electrons. The number of nitrogens with one attached hydrogen (secondary N) is 1. The summed E-state index contributed by atoms with van der Waals surface area (Å²) in [5.41, 5.74) is 2.95. The largest absolute Gasteiger partial charge is 0.482 e. The lowest BCUT2D eigenvalue weighted by atomic mass is 9.83. The predicted octanol–water partition coefficient (Wildman–Crippen LogP) is 1.84. The molecule has 2 saturated heterocycles. The van der Waals surface area contributed by atoms with Crippen molar-refractivity contribution in [3.8, 4) is 5.75 Å². The van der Waals surface area contributed by atoms with Gasteiger partial charge in [0.05, 0.1) is 25.1 Å². The zero-order chi connectivity index (χ0) is 20.4. The standard InChI is InChI=1S/C21H24N2O6/c1-14(24)23-12-21(13-23)11-17(25)16-10-15(5-7-18(16)28-21)6-8-19(26)22-29-20-4-2-3-9-27-20/h5-8,10,20H,2-4,9,11-13H2,1H3,(H,22,26)/b8-6+. The molecule has 2 amide bonds. The monoisotopic (exact) mass is 400 g/mol. The third-order valence-corrected chi connectivity index (χ3v) is 5.37. The van der Waals surface area contributed by atoms with E-state index in [0.717, 1.165) is 19.3 Å². The predicted molar refractivity (Wildman–Crippen MR) is 103 cm³/mol. The van der Waals surface area contributed by atoms with Crippen molar-refractivity contribution < 1.29 is 28.7 Å². The Morgan fingerprint density at radius 2 is 2.14 bits per heavy atom. The lowest BCUT2D eigenvalue weighted by Crippen LogP contribution is -2.67. The van der Waals surface area contributed by atoms with Gasteiger partial charge in [-0.25, -0.2) is 10.3 Å². The van der Waals surface area contributed by atoms with E-state index in [4.69, 9.17) is 14.3 Å². The molecule has 1 aromatic carbocycles. The summed E-state index contributed by atoms with van der Waals surface area (Å²) in [4.78, 5) is 42.9. The van der Waals surface area contributed by atoms with Crippen molar-refractivity contribution in [2.24, 2.45) is 0 Å². The number of likely N-dealkylation sites (tertiary alicyclic amines) is 1. The Labute approximate surface area is 168 Å². The molecule has 1 aromatic rings. The molecule has 0 aromatic heterocycles. The molecule has 8 heteroatoms. The van der Waals surface area contributed by atoms with Gasteiger partial charge in [-0.05, 0) is 36.6 Å². The lowest BCUT2D eigenvalue weighted by Gasteiger charge is -2.50. The minimum Gasteiger partial charge on any atom is -0.482 e. The maximum atomic E-state index is 12.6. The van der Waals surface area contributed by atoms with Crippen LogP contribution in [0.15, 0.2) is 24.3 Å². The molecule has 3 heterocycles. The molecule has 1 N–H and O–H groups in total. The smallest absolute Gasteiger partial charge is 0.267 e. The number of hydroxylamine groups is 1. The molecule has 0 bridgehead atoms. The number of carbonyl (C=O) groups is 3. The van der Waals surface area contributed by atoms with E-state index in [9.17, 15) is 14.4 Å². The Kier molecular flexibility index (Phi) is 5.38. The second kappa shape index (κ2) is 7.96. The second-order valence-corrected chi connectivity index (χ2v) is 7.73. The first kappa shape index (κ1) is 19.6. The van der Waals surface area contributed by atoms with Gasteiger partial charge in [0.25, 0.3) is 5.91 Å². The van der Waals surface area contributed by atoms with Crippen LogP contribution in [-0.2, 0) is 19.2 Å². The molecule has 0 radical (unpaired) electrons. The van der Waals surface area contributed by atoms with Crippen molar-refractivity contribution in [2.75, 3.05) is 19.7 Å². The highest BCUT2D eigenvalue weighted by atomic mass is 16.8. The molecule has 2 fully saturated rings. The summed E-state index contributed by atoms with van der Waals surface area (Å²) in [6, 6.07) is 5.22. The van der Waals surface area contributed by atoms with Gasteiger partial charge in [-0.1, -0.05) is 6.07 Å². The van der Waals surface area contributed by atoms with E-state index in [1.54, 1.807) is 29.2 Å². The normalized spacial score (nSPS) is 22.7. The van der Waals surface area contributed by atoms with E-state index in [1.807, 2.05) is 0 Å². The molecule has 3 aliphatic rings. The maximum Gasteiger partial charge on any atom is 0.267 e. The molecule has 0 saturated carbocycles. The molecule has 1 unspecified atom stereocenters. The van der Waals surface area contributed by atoms with Crippen LogP contribution in [0.3, 0.4) is 0 Å². The number of carbonyl (C=O) groups excluding carboxylic acids is 3.